The molecule has 1 atom stereocenters. The molecule has 0 spiro atoms. The van der Waals surface area contributed by atoms with Gasteiger partial charge in [-0.3, -0.25) is 9.38 Å². The first-order chi connectivity index (χ1) is 12.2. The molecule has 8 heteroatoms. The van der Waals surface area contributed by atoms with Crippen molar-refractivity contribution in [2.45, 2.75) is 18.9 Å². The van der Waals surface area contributed by atoms with E-state index in [4.69, 9.17) is 9.72 Å². The first-order valence-electron chi connectivity index (χ1n) is 8.39. The summed E-state index contributed by atoms with van der Waals surface area (Å²) >= 11 is 0. The van der Waals surface area contributed by atoms with E-state index in [1.54, 1.807) is 24.8 Å². The normalized spacial score (nSPS) is 17.1. The van der Waals surface area contributed by atoms with Gasteiger partial charge in [-0.1, -0.05) is 0 Å². The molecular weight excluding hydrogens is 318 g/mol. The quantitative estimate of drug-likeness (QED) is 0.759. The fraction of sp³-hybridized carbons (Fsp3) is 0.412. The summed E-state index contributed by atoms with van der Waals surface area (Å²) < 4.78 is 7.71. The highest BCUT2D eigenvalue weighted by molar-refractivity contribution is 5.75. The van der Waals surface area contributed by atoms with Crippen molar-refractivity contribution in [2.24, 2.45) is 0 Å². The van der Waals surface area contributed by atoms with Crippen molar-refractivity contribution in [1.29, 1.82) is 0 Å². The molecule has 0 saturated carbocycles. The number of anilines is 2. The number of aromatic nitrogens is 5. The Kier molecular flexibility index (Phi) is 4.19. The van der Waals surface area contributed by atoms with Crippen molar-refractivity contribution >= 4 is 17.4 Å². The van der Waals surface area contributed by atoms with E-state index in [9.17, 15) is 0 Å². The summed E-state index contributed by atoms with van der Waals surface area (Å²) in [6.07, 6.45) is 11.4. The Bertz CT molecular complexity index is 853. The molecule has 1 aliphatic heterocycles. The van der Waals surface area contributed by atoms with Crippen LogP contribution < -0.4 is 10.2 Å². The molecule has 1 saturated heterocycles. The van der Waals surface area contributed by atoms with Crippen LogP contribution in [0.4, 0.5) is 11.8 Å². The van der Waals surface area contributed by atoms with E-state index < -0.39 is 0 Å². The smallest absolute Gasteiger partial charge is 0.224 e. The van der Waals surface area contributed by atoms with Gasteiger partial charge in [-0.25, -0.2) is 15.0 Å². The van der Waals surface area contributed by atoms with Crippen molar-refractivity contribution in [3.8, 4) is 11.3 Å². The zero-order valence-electron chi connectivity index (χ0n) is 14.4. The molecule has 130 valence electrons. The minimum absolute atomic E-state index is 0.243. The van der Waals surface area contributed by atoms with Crippen LogP contribution in [-0.4, -0.2) is 57.7 Å². The number of ether oxygens (including phenoxy) is 1. The number of nitrogens with zero attached hydrogens (tertiary/aromatic N) is 6. The fourth-order valence-corrected chi connectivity index (χ4v) is 2.97. The van der Waals surface area contributed by atoms with E-state index >= 15 is 0 Å². The maximum absolute atomic E-state index is 5.72. The van der Waals surface area contributed by atoms with Crippen LogP contribution in [0, 0.1) is 0 Å². The van der Waals surface area contributed by atoms with E-state index in [0.717, 1.165) is 48.7 Å². The summed E-state index contributed by atoms with van der Waals surface area (Å²) in [4.78, 5) is 19.5. The van der Waals surface area contributed by atoms with Crippen LogP contribution in [-0.2, 0) is 4.74 Å². The van der Waals surface area contributed by atoms with Crippen molar-refractivity contribution in [3.63, 3.8) is 0 Å². The van der Waals surface area contributed by atoms with Gasteiger partial charge < -0.3 is 15.0 Å². The fourth-order valence-electron chi connectivity index (χ4n) is 2.97. The number of rotatable bonds is 5. The second-order valence-electron chi connectivity index (χ2n) is 6.30. The van der Waals surface area contributed by atoms with Gasteiger partial charge in [-0.05, 0) is 12.8 Å². The van der Waals surface area contributed by atoms with Crippen LogP contribution in [0.5, 0.6) is 0 Å². The molecule has 0 radical (unpaired) electrons. The topological polar surface area (TPSA) is 80.5 Å². The monoisotopic (exact) mass is 339 g/mol. The molecule has 4 heterocycles. The summed E-state index contributed by atoms with van der Waals surface area (Å²) in [5.41, 5.74) is 2.46. The van der Waals surface area contributed by atoms with Crippen LogP contribution in [0.2, 0.25) is 0 Å². The van der Waals surface area contributed by atoms with E-state index in [1.807, 2.05) is 29.6 Å². The summed E-state index contributed by atoms with van der Waals surface area (Å²) in [5.74, 6) is 1.58. The van der Waals surface area contributed by atoms with Crippen molar-refractivity contribution < 1.29 is 4.74 Å². The molecular formula is C17H21N7O. The molecule has 1 aliphatic rings. The molecule has 1 unspecified atom stereocenters. The lowest BCUT2D eigenvalue weighted by Gasteiger charge is -2.13. The largest absolute Gasteiger partial charge is 0.376 e. The Morgan fingerprint density at radius 1 is 1.28 bits per heavy atom. The third-order valence-corrected chi connectivity index (χ3v) is 4.26. The molecule has 1 fully saturated rings. The van der Waals surface area contributed by atoms with Gasteiger partial charge in [0.15, 0.2) is 5.65 Å². The molecule has 25 heavy (non-hydrogen) atoms. The van der Waals surface area contributed by atoms with Crippen LogP contribution in [0.1, 0.15) is 12.8 Å². The Morgan fingerprint density at radius 2 is 2.12 bits per heavy atom. The highest BCUT2D eigenvalue weighted by atomic mass is 16.5. The van der Waals surface area contributed by atoms with Gasteiger partial charge in [0.25, 0.3) is 0 Å². The standard InChI is InChI=1S/C17H21N7O/c1-23(2)17-20-8-12(9-21-17)15-16(19-10-13-4-3-7-25-13)24-6-5-18-11-14(24)22-15/h5-6,8-9,11,13,19H,3-4,7,10H2,1-2H3. The minimum atomic E-state index is 0.243. The van der Waals surface area contributed by atoms with Crippen molar-refractivity contribution in [2.75, 3.05) is 37.5 Å². The van der Waals surface area contributed by atoms with Crippen LogP contribution in [0.15, 0.2) is 31.0 Å². The van der Waals surface area contributed by atoms with Crippen LogP contribution >= 0.6 is 0 Å². The summed E-state index contributed by atoms with van der Waals surface area (Å²) in [7, 11) is 3.83. The number of imidazole rings is 1. The molecule has 8 nitrogen and oxygen atoms in total. The van der Waals surface area contributed by atoms with Gasteiger partial charge in [-0.15, -0.1) is 0 Å². The number of hydrogen-bond donors (Lipinski definition) is 1. The van der Waals surface area contributed by atoms with Gasteiger partial charge in [-0.2, -0.15) is 0 Å². The number of nitrogens with one attached hydrogen (secondary N) is 1. The molecule has 0 aliphatic carbocycles. The molecule has 3 aromatic rings. The lowest BCUT2D eigenvalue weighted by atomic mass is 10.2. The third kappa shape index (κ3) is 3.12. The average molecular weight is 339 g/mol. The Balaban J connectivity index is 1.70. The van der Waals surface area contributed by atoms with Crippen LogP contribution in [0.25, 0.3) is 16.9 Å². The van der Waals surface area contributed by atoms with Gasteiger partial charge in [0.05, 0.1) is 12.3 Å². The first kappa shape index (κ1) is 15.8. The van der Waals surface area contributed by atoms with E-state index in [2.05, 4.69) is 20.3 Å². The molecule has 0 aromatic carbocycles. The lowest BCUT2D eigenvalue weighted by molar-refractivity contribution is 0.120. The predicted octanol–water partition coefficient (Wildman–Crippen LogP) is 1.84. The van der Waals surface area contributed by atoms with Gasteiger partial charge >= 0.3 is 0 Å². The lowest BCUT2D eigenvalue weighted by Crippen LogP contribution is -2.19. The predicted molar refractivity (Wildman–Crippen MR) is 95.8 cm³/mol. The average Bonchev–Trinajstić information content (AvgIpc) is 3.27. The first-order valence-corrected chi connectivity index (χ1v) is 8.39. The Hall–Kier alpha value is -2.74. The second-order valence-corrected chi connectivity index (χ2v) is 6.30. The summed E-state index contributed by atoms with van der Waals surface area (Å²) in [6.45, 7) is 1.59. The van der Waals surface area contributed by atoms with Gasteiger partial charge in [0, 0.05) is 57.6 Å². The van der Waals surface area contributed by atoms with Gasteiger partial charge in [0.1, 0.15) is 11.5 Å². The van der Waals surface area contributed by atoms with Gasteiger partial charge in [0.2, 0.25) is 5.95 Å². The maximum Gasteiger partial charge on any atom is 0.224 e. The zero-order valence-corrected chi connectivity index (χ0v) is 14.4. The highest BCUT2D eigenvalue weighted by Crippen LogP contribution is 2.28. The third-order valence-electron chi connectivity index (χ3n) is 4.26. The molecule has 4 rings (SSSR count). The number of hydrogen-bond acceptors (Lipinski definition) is 7. The molecule has 1 N–H and O–H groups in total. The van der Waals surface area contributed by atoms with Crippen molar-refractivity contribution in [3.05, 3.63) is 31.0 Å². The van der Waals surface area contributed by atoms with E-state index in [0.29, 0.717) is 5.95 Å². The van der Waals surface area contributed by atoms with Crippen LogP contribution in [0.3, 0.4) is 0 Å². The zero-order chi connectivity index (χ0) is 17.2. The maximum atomic E-state index is 5.72. The minimum Gasteiger partial charge on any atom is -0.376 e. The highest BCUT2D eigenvalue weighted by Gasteiger charge is 2.19. The Labute approximate surface area is 145 Å². The summed E-state index contributed by atoms with van der Waals surface area (Å²) in [5, 5.41) is 3.50. The SMILES string of the molecule is CN(C)c1ncc(-c2nc3cnccn3c2NCC2CCCO2)cn1. The molecule has 0 amide bonds. The Morgan fingerprint density at radius 3 is 2.84 bits per heavy atom. The van der Waals surface area contributed by atoms with Crippen molar-refractivity contribution in [1.82, 2.24) is 24.3 Å². The van der Waals surface area contributed by atoms with E-state index in [1.165, 1.54) is 0 Å². The molecule has 3 aromatic heterocycles. The van der Waals surface area contributed by atoms with E-state index in [-0.39, 0.29) is 6.10 Å². The molecule has 0 bridgehead atoms. The second kappa shape index (κ2) is 6.64. The number of fused-ring (bicyclic) bond motifs is 1. The summed E-state index contributed by atoms with van der Waals surface area (Å²) in [6, 6.07) is 0.